The Morgan fingerprint density at radius 2 is 1.91 bits per heavy atom. The molecule has 3 heterocycles. The van der Waals surface area contributed by atoms with Crippen LogP contribution in [0.2, 0.25) is 0 Å². The summed E-state index contributed by atoms with van der Waals surface area (Å²) in [5, 5.41) is 11.5. The molecule has 1 N–H and O–H groups in total. The lowest BCUT2D eigenvalue weighted by Crippen LogP contribution is -2.39. The highest BCUT2D eigenvalue weighted by molar-refractivity contribution is 5.93. The van der Waals surface area contributed by atoms with Crippen molar-refractivity contribution in [3.8, 4) is 5.75 Å². The summed E-state index contributed by atoms with van der Waals surface area (Å²) in [4.78, 5) is 26.9. The van der Waals surface area contributed by atoms with Gasteiger partial charge < -0.3 is 15.0 Å². The van der Waals surface area contributed by atoms with Crippen molar-refractivity contribution >= 4 is 17.6 Å². The monoisotopic (exact) mass is 436 g/mol. The molecule has 3 aromatic rings. The Bertz CT molecular complexity index is 1040. The number of nitrogens with zero attached hydrogens (tertiary/aromatic N) is 5. The first kappa shape index (κ1) is 21.6. The highest BCUT2D eigenvalue weighted by Crippen LogP contribution is 2.26. The van der Waals surface area contributed by atoms with Crippen LogP contribution in [0.3, 0.4) is 0 Å². The Morgan fingerprint density at radius 1 is 1.12 bits per heavy atom. The molecule has 168 valence electrons. The molecule has 0 spiro atoms. The number of benzene rings is 1. The number of carbonyl (C=O) groups excluding carboxylic acids is 2. The van der Waals surface area contributed by atoms with Gasteiger partial charge in [0.2, 0.25) is 5.91 Å². The van der Waals surface area contributed by atoms with Crippen molar-refractivity contribution in [3.05, 3.63) is 60.6 Å². The van der Waals surface area contributed by atoms with Gasteiger partial charge in [-0.05, 0) is 31.9 Å². The molecule has 0 aliphatic carbocycles. The van der Waals surface area contributed by atoms with Crippen molar-refractivity contribution in [2.75, 3.05) is 25.0 Å². The van der Waals surface area contributed by atoms with E-state index in [1.165, 1.54) is 0 Å². The molecule has 1 aliphatic rings. The van der Waals surface area contributed by atoms with E-state index in [4.69, 9.17) is 4.74 Å². The van der Waals surface area contributed by atoms with Gasteiger partial charge in [-0.25, -0.2) is 4.68 Å². The SMILES string of the molecule is CCn1cc(C(=O)N2CCC(n3nccc3NC(=O)CCOc3ccccc3)CC2)cn1. The molecule has 0 unspecified atom stereocenters. The van der Waals surface area contributed by atoms with E-state index >= 15 is 0 Å². The number of likely N-dealkylation sites (tertiary alicyclic amines) is 1. The summed E-state index contributed by atoms with van der Waals surface area (Å²) in [6, 6.07) is 11.4. The predicted molar refractivity (Wildman–Crippen MR) is 119 cm³/mol. The molecule has 9 nitrogen and oxygen atoms in total. The van der Waals surface area contributed by atoms with Gasteiger partial charge in [0, 0.05) is 31.9 Å². The van der Waals surface area contributed by atoms with Crippen molar-refractivity contribution in [2.24, 2.45) is 0 Å². The second kappa shape index (κ2) is 10.1. The molecule has 0 bridgehead atoms. The molecule has 9 heteroatoms. The molecule has 0 atom stereocenters. The van der Waals surface area contributed by atoms with Gasteiger partial charge in [0.15, 0.2) is 0 Å². The maximum Gasteiger partial charge on any atom is 0.257 e. The van der Waals surface area contributed by atoms with E-state index in [1.807, 2.05) is 46.8 Å². The first-order chi connectivity index (χ1) is 15.6. The minimum absolute atomic E-state index is 0.00978. The standard InChI is InChI=1S/C23H28N6O3/c1-2-28-17-18(16-25-28)23(31)27-13-9-19(10-14-27)29-21(8-12-24-29)26-22(30)11-15-32-20-6-4-3-5-7-20/h3-8,12,16-17,19H,2,9-11,13-15H2,1H3,(H,26,30). The van der Waals surface area contributed by atoms with Gasteiger partial charge >= 0.3 is 0 Å². The average Bonchev–Trinajstić information content (AvgIpc) is 3.49. The van der Waals surface area contributed by atoms with Crippen LogP contribution in [-0.2, 0) is 11.3 Å². The fraction of sp³-hybridized carbons (Fsp3) is 0.391. The summed E-state index contributed by atoms with van der Waals surface area (Å²) in [7, 11) is 0. The van der Waals surface area contributed by atoms with E-state index in [2.05, 4.69) is 15.5 Å². The van der Waals surface area contributed by atoms with Crippen LogP contribution in [0.15, 0.2) is 55.0 Å². The topological polar surface area (TPSA) is 94.3 Å². The Labute approximate surface area is 187 Å². The van der Waals surface area contributed by atoms with Gasteiger partial charge in [0.05, 0.1) is 37.0 Å². The highest BCUT2D eigenvalue weighted by Gasteiger charge is 2.27. The third-order valence-electron chi connectivity index (χ3n) is 5.58. The van der Waals surface area contributed by atoms with Gasteiger partial charge in [-0.2, -0.15) is 10.2 Å². The van der Waals surface area contributed by atoms with Crippen LogP contribution in [0.4, 0.5) is 5.82 Å². The highest BCUT2D eigenvalue weighted by atomic mass is 16.5. The molecular weight excluding hydrogens is 408 g/mol. The molecule has 1 fully saturated rings. The molecule has 2 amide bonds. The van der Waals surface area contributed by atoms with E-state index < -0.39 is 0 Å². The number of amides is 2. The zero-order chi connectivity index (χ0) is 22.3. The number of nitrogens with one attached hydrogen (secondary N) is 1. The summed E-state index contributed by atoms with van der Waals surface area (Å²) >= 11 is 0. The number of hydrogen-bond acceptors (Lipinski definition) is 5. The maximum absolute atomic E-state index is 12.7. The van der Waals surface area contributed by atoms with Gasteiger partial charge in [0.25, 0.3) is 5.91 Å². The summed E-state index contributed by atoms with van der Waals surface area (Å²) < 4.78 is 9.20. The number of carbonyl (C=O) groups is 2. The molecule has 4 rings (SSSR count). The third-order valence-corrected chi connectivity index (χ3v) is 5.58. The van der Waals surface area contributed by atoms with Crippen LogP contribution < -0.4 is 10.1 Å². The van der Waals surface area contributed by atoms with Crippen LogP contribution in [-0.4, -0.2) is 56.0 Å². The maximum atomic E-state index is 12.7. The largest absolute Gasteiger partial charge is 0.493 e. The quantitative estimate of drug-likeness (QED) is 0.586. The van der Waals surface area contributed by atoms with Gasteiger partial charge in [-0.1, -0.05) is 18.2 Å². The molecule has 0 radical (unpaired) electrons. The normalized spacial score (nSPS) is 14.3. The second-order valence-electron chi connectivity index (χ2n) is 7.73. The van der Waals surface area contributed by atoms with Crippen LogP contribution in [0.25, 0.3) is 0 Å². The zero-order valence-corrected chi connectivity index (χ0v) is 18.2. The number of aryl methyl sites for hydroxylation is 1. The minimum Gasteiger partial charge on any atom is -0.493 e. The summed E-state index contributed by atoms with van der Waals surface area (Å²) in [6.07, 6.45) is 6.90. The lowest BCUT2D eigenvalue weighted by atomic mass is 10.0. The first-order valence-corrected chi connectivity index (χ1v) is 11.0. The molecule has 1 aromatic carbocycles. The van der Waals surface area contributed by atoms with Gasteiger partial charge in [-0.3, -0.25) is 14.3 Å². The summed E-state index contributed by atoms with van der Waals surface area (Å²) in [6.45, 7) is 4.31. The Morgan fingerprint density at radius 3 is 2.62 bits per heavy atom. The Balaban J connectivity index is 1.27. The number of ether oxygens (including phenoxy) is 1. The van der Waals surface area contributed by atoms with E-state index in [9.17, 15) is 9.59 Å². The zero-order valence-electron chi connectivity index (χ0n) is 18.2. The van der Waals surface area contributed by atoms with Crippen LogP contribution in [0, 0.1) is 0 Å². The van der Waals surface area contributed by atoms with E-state index in [-0.39, 0.29) is 24.3 Å². The minimum atomic E-state index is -0.122. The molecule has 0 saturated carbocycles. The fourth-order valence-electron chi connectivity index (χ4n) is 3.83. The number of rotatable bonds is 8. The average molecular weight is 437 g/mol. The first-order valence-electron chi connectivity index (χ1n) is 11.0. The van der Waals surface area contributed by atoms with Crippen molar-refractivity contribution < 1.29 is 14.3 Å². The van der Waals surface area contributed by atoms with Crippen LogP contribution in [0.1, 0.15) is 42.6 Å². The van der Waals surface area contributed by atoms with Crippen molar-refractivity contribution in [2.45, 2.75) is 38.8 Å². The second-order valence-corrected chi connectivity index (χ2v) is 7.73. The van der Waals surface area contributed by atoms with Crippen molar-refractivity contribution in [1.29, 1.82) is 0 Å². The smallest absolute Gasteiger partial charge is 0.257 e. The lowest BCUT2D eigenvalue weighted by Gasteiger charge is -2.32. The van der Waals surface area contributed by atoms with E-state index in [0.29, 0.717) is 31.1 Å². The van der Waals surface area contributed by atoms with Crippen LogP contribution in [0.5, 0.6) is 5.75 Å². The summed E-state index contributed by atoms with van der Waals surface area (Å²) in [5.74, 6) is 1.30. The van der Waals surface area contributed by atoms with Crippen molar-refractivity contribution in [1.82, 2.24) is 24.5 Å². The fourth-order valence-corrected chi connectivity index (χ4v) is 3.83. The molecule has 1 aliphatic heterocycles. The van der Waals surface area contributed by atoms with E-state index in [1.54, 1.807) is 29.3 Å². The molecule has 32 heavy (non-hydrogen) atoms. The molecular formula is C23H28N6O3. The number of hydrogen-bond donors (Lipinski definition) is 1. The number of aromatic nitrogens is 4. The van der Waals surface area contributed by atoms with Gasteiger partial charge in [-0.15, -0.1) is 0 Å². The third kappa shape index (κ3) is 5.16. The Kier molecular flexibility index (Phi) is 6.84. The number of anilines is 1. The molecule has 1 saturated heterocycles. The van der Waals surface area contributed by atoms with Crippen LogP contribution >= 0.6 is 0 Å². The van der Waals surface area contributed by atoms with Crippen molar-refractivity contribution in [3.63, 3.8) is 0 Å². The predicted octanol–water partition coefficient (Wildman–Crippen LogP) is 2.98. The van der Waals surface area contributed by atoms with E-state index in [0.717, 1.165) is 25.1 Å². The molecule has 2 aromatic heterocycles. The van der Waals surface area contributed by atoms with Gasteiger partial charge in [0.1, 0.15) is 11.6 Å². The lowest BCUT2D eigenvalue weighted by molar-refractivity contribution is -0.116. The Hall–Kier alpha value is -3.62. The number of para-hydroxylation sites is 1. The summed E-state index contributed by atoms with van der Waals surface area (Å²) in [5.41, 5.74) is 0.620. The number of piperidine rings is 1.